The molecule has 0 aliphatic rings. The van der Waals surface area contributed by atoms with E-state index >= 15 is 0 Å². The molecule has 17 heavy (non-hydrogen) atoms. The Morgan fingerprint density at radius 3 is 2.47 bits per heavy atom. The fourth-order valence-corrected chi connectivity index (χ4v) is 1.68. The second-order valence-electron chi connectivity index (χ2n) is 3.76. The van der Waals surface area contributed by atoms with Gasteiger partial charge in [-0.15, -0.1) is 0 Å². The van der Waals surface area contributed by atoms with Gasteiger partial charge in [-0.3, -0.25) is 0 Å². The normalized spacial score (nSPS) is 10.2. The number of rotatable bonds is 2. The minimum absolute atomic E-state index is 0.220. The number of aryl methyl sites for hydroxylation is 1. The van der Waals surface area contributed by atoms with Crippen LogP contribution in [0.15, 0.2) is 36.5 Å². The maximum absolute atomic E-state index is 11.4. The van der Waals surface area contributed by atoms with Gasteiger partial charge in [0.15, 0.2) is 0 Å². The summed E-state index contributed by atoms with van der Waals surface area (Å²) < 4.78 is 6.40. The largest absolute Gasteiger partial charge is 0.508 e. The monoisotopic (exact) mass is 231 g/mol. The van der Waals surface area contributed by atoms with Gasteiger partial charge < -0.3 is 14.4 Å². The number of phenolic OH excluding ortho intramolecular Hbond substituents is 1. The van der Waals surface area contributed by atoms with Gasteiger partial charge in [-0.2, -0.15) is 0 Å². The molecule has 0 atom stereocenters. The molecule has 0 saturated heterocycles. The minimum atomic E-state index is -0.363. The van der Waals surface area contributed by atoms with Crippen LogP contribution in [0.3, 0.4) is 0 Å². The highest BCUT2D eigenvalue weighted by atomic mass is 16.5. The lowest BCUT2D eigenvalue weighted by Gasteiger charge is -1.98. The van der Waals surface area contributed by atoms with Crippen molar-refractivity contribution in [1.29, 1.82) is 0 Å². The van der Waals surface area contributed by atoms with Gasteiger partial charge in [0.1, 0.15) is 11.4 Å². The van der Waals surface area contributed by atoms with Crippen molar-refractivity contribution in [3.05, 3.63) is 42.2 Å². The quantitative estimate of drug-likeness (QED) is 0.806. The minimum Gasteiger partial charge on any atom is -0.508 e. The van der Waals surface area contributed by atoms with E-state index < -0.39 is 0 Å². The number of aromatic hydroxyl groups is 1. The van der Waals surface area contributed by atoms with Crippen molar-refractivity contribution >= 4 is 5.97 Å². The number of hydrogen-bond donors (Lipinski definition) is 1. The van der Waals surface area contributed by atoms with E-state index in [1.54, 1.807) is 41.9 Å². The van der Waals surface area contributed by atoms with Crippen LogP contribution in [-0.4, -0.2) is 22.8 Å². The summed E-state index contributed by atoms with van der Waals surface area (Å²) in [5, 5.41) is 9.21. The molecule has 1 heterocycles. The Morgan fingerprint density at radius 2 is 1.88 bits per heavy atom. The summed E-state index contributed by atoms with van der Waals surface area (Å²) in [6, 6.07) is 8.58. The zero-order chi connectivity index (χ0) is 12.4. The van der Waals surface area contributed by atoms with E-state index in [1.165, 1.54) is 7.11 Å². The second-order valence-corrected chi connectivity index (χ2v) is 3.76. The van der Waals surface area contributed by atoms with Crippen molar-refractivity contribution in [3.8, 4) is 16.9 Å². The highest BCUT2D eigenvalue weighted by Gasteiger charge is 2.12. The molecule has 0 spiro atoms. The fourth-order valence-electron chi connectivity index (χ4n) is 1.68. The SMILES string of the molecule is COC(=O)c1cc(-c2ccc(O)cc2)cn1C. The maximum atomic E-state index is 11.4. The molecule has 88 valence electrons. The Balaban J connectivity index is 2.41. The molecule has 0 amide bonds. The summed E-state index contributed by atoms with van der Waals surface area (Å²) >= 11 is 0. The molecule has 0 radical (unpaired) electrons. The number of ether oxygens (including phenoxy) is 1. The first kappa shape index (κ1) is 11.3. The molecule has 0 aliphatic heterocycles. The zero-order valence-corrected chi connectivity index (χ0v) is 9.68. The van der Waals surface area contributed by atoms with Crippen LogP contribution in [0.4, 0.5) is 0 Å². The van der Waals surface area contributed by atoms with Crippen LogP contribution in [0.25, 0.3) is 11.1 Å². The number of hydrogen-bond acceptors (Lipinski definition) is 3. The number of nitrogens with zero attached hydrogens (tertiary/aromatic N) is 1. The molecule has 1 N–H and O–H groups in total. The number of carbonyl (C=O) groups is 1. The fraction of sp³-hybridized carbons (Fsp3) is 0.154. The van der Waals surface area contributed by atoms with Crippen LogP contribution in [0.5, 0.6) is 5.75 Å². The molecule has 0 fully saturated rings. The molecule has 2 rings (SSSR count). The smallest absolute Gasteiger partial charge is 0.354 e. The number of esters is 1. The van der Waals surface area contributed by atoms with Crippen LogP contribution < -0.4 is 0 Å². The van der Waals surface area contributed by atoms with Crippen molar-refractivity contribution in [1.82, 2.24) is 4.57 Å². The molecule has 1 aromatic heterocycles. The van der Waals surface area contributed by atoms with Crippen molar-refractivity contribution in [2.45, 2.75) is 0 Å². The van der Waals surface area contributed by atoms with E-state index in [4.69, 9.17) is 0 Å². The lowest BCUT2D eigenvalue weighted by atomic mass is 10.1. The Labute approximate surface area is 99.1 Å². The standard InChI is InChI=1S/C13H13NO3/c1-14-8-10(7-12(14)13(16)17-2)9-3-5-11(15)6-4-9/h3-8,15H,1-2H3. The van der Waals surface area contributed by atoms with Crippen molar-refractivity contribution in [3.63, 3.8) is 0 Å². The molecular weight excluding hydrogens is 218 g/mol. The molecule has 4 nitrogen and oxygen atoms in total. The number of aromatic nitrogens is 1. The molecule has 0 bridgehead atoms. The molecule has 0 saturated carbocycles. The summed E-state index contributed by atoms with van der Waals surface area (Å²) in [6.45, 7) is 0. The molecule has 4 heteroatoms. The Morgan fingerprint density at radius 1 is 1.24 bits per heavy atom. The lowest BCUT2D eigenvalue weighted by molar-refractivity contribution is 0.0590. The van der Waals surface area contributed by atoms with Gasteiger partial charge in [0.25, 0.3) is 0 Å². The molecule has 0 aliphatic carbocycles. The van der Waals surface area contributed by atoms with Crippen LogP contribution >= 0.6 is 0 Å². The van der Waals surface area contributed by atoms with Crippen molar-refractivity contribution in [2.75, 3.05) is 7.11 Å². The van der Waals surface area contributed by atoms with Gasteiger partial charge in [0.05, 0.1) is 7.11 Å². The zero-order valence-electron chi connectivity index (χ0n) is 9.68. The van der Waals surface area contributed by atoms with E-state index in [9.17, 15) is 9.90 Å². The van der Waals surface area contributed by atoms with Gasteiger partial charge in [-0.05, 0) is 23.8 Å². The van der Waals surface area contributed by atoms with Gasteiger partial charge in [-0.1, -0.05) is 12.1 Å². The average Bonchev–Trinajstić information content (AvgIpc) is 2.71. The van der Waals surface area contributed by atoms with Crippen molar-refractivity contribution in [2.24, 2.45) is 7.05 Å². The van der Waals surface area contributed by atoms with E-state index in [0.29, 0.717) is 5.69 Å². The van der Waals surface area contributed by atoms with Gasteiger partial charge in [0.2, 0.25) is 0 Å². The molecule has 0 unspecified atom stereocenters. The summed E-state index contributed by atoms with van der Waals surface area (Å²) in [5.41, 5.74) is 2.34. The van der Waals surface area contributed by atoms with Gasteiger partial charge in [-0.25, -0.2) is 4.79 Å². The lowest BCUT2D eigenvalue weighted by Crippen LogP contribution is -2.06. The highest BCUT2D eigenvalue weighted by molar-refractivity contribution is 5.89. The molecule has 1 aromatic carbocycles. The maximum Gasteiger partial charge on any atom is 0.354 e. The third kappa shape index (κ3) is 2.15. The average molecular weight is 231 g/mol. The highest BCUT2D eigenvalue weighted by Crippen LogP contribution is 2.24. The number of benzene rings is 1. The van der Waals surface area contributed by atoms with Crippen LogP contribution in [0.2, 0.25) is 0 Å². The third-order valence-corrected chi connectivity index (χ3v) is 2.60. The first-order valence-corrected chi connectivity index (χ1v) is 5.16. The van der Waals surface area contributed by atoms with E-state index in [-0.39, 0.29) is 11.7 Å². The number of carbonyl (C=O) groups excluding carboxylic acids is 1. The van der Waals surface area contributed by atoms with Crippen LogP contribution in [-0.2, 0) is 11.8 Å². The third-order valence-electron chi connectivity index (χ3n) is 2.60. The number of methoxy groups -OCH3 is 1. The predicted molar refractivity (Wildman–Crippen MR) is 63.9 cm³/mol. The summed E-state index contributed by atoms with van der Waals surface area (Å²) in [6.07, 6.45) is 1.85. The second kappa shape index (κ2) is 4.33. The van der Waals surface area contributed by atoms with Gasteiger partial charge in [0, 0.05) is 18.8 Å². The number of phenols is 1. The summed E-state index contributed by atoms with van der Waals surface area (Å²) in [7, 11) is 3.14. The Bertz CT molecular complexity index is 540. The Hall–Kier alpha value is -2.23. The van der Waals surface area contributed by atoms with Crippen molar-refractivity contribution < 1.29 is 14.6 Å². The van der Waals surface area contributed by atoms with E-state index in [0.717, 1.165) is 11.1 Å². The molecular formula is C13H13NO3. The van der Waals surface area contributed by atoms with Crippen LogP contribution in [0, 0.1) is 0 Å². The van der Waals surface area contributed by atoms with E-state index in [1.807, 2.05) is 6.20 Å². The first-order chi connectivity index (χ1) is 8.11. The first-order valence-electron chi connectivity index (χ1n) is 5.16. The van der Waals surface area contributed by atoms with Crippen LogP contribution in [0.1, 0.15) is 10.5 Å². The summed E-state index contributed by atoms with van der Waals surface area (Å²) in [5.74, 6) is -0.143. The summed E-state index contributed by atoms with van der Waals surface area (Å²) in [4.78, 5) is 11.4. The Kier molecular flexibility index (Phi) is 2.87. The predicted octanol–water partition coefficient (Wildman–Crippen LogP) is 2.18. The van der Waals surface area contributed by atoms with Gasteiger partial charge >= 0.3 is 5.97 Å². The topological polar surface area (TPSA) is 51.5 Å². The molecule has 2 aromatic rings. The van der Waals surface area contributed by atoms with E-state index in [2.05, 4.69) is 4.74 Å².